The molecule has 1 aromatic carbocycles. The van der Waals surface area contributed by atoms with Gasteiger partial charge in [0, 0.05) is 31.7 Å². The number of hydrogen-bond donors (Lipinski definition) is 0. The summed E-state index contributed by atoms with van der Waals surface area (Å²) in [4.78, 5) is 7.97. The van der Waals surface area contributed by atoms with Gasteiger partial charge < -0.3 is 0 Å². The van der Waals surface area contributed by atoms with Gasteiger partial charge in [-0.15, -0.1) is 0 Å². The normalized spacial score (nSPS) is 9.09. The zero-order valence-electron chi connectivity index (χ0n) is 5.69. The summed E-state index contributed by atoms with van der Waals surface area (Å²) in [5.41, 5.74) is 0.998. The van der Waals surface area contributed by atoms with Crippen LogP contribution in [0.25, 0.3) is 10.9 Å². The number of benzene rings is 1. The summed E-state index contributed by atoms with van der Waals surface area (Å²) in [5.74, 6) is 0. The fraction of sp³-hybridized carbons (Fsp3) is 0. The molecule has 0 fully saturated rings. The molecule has 0 saturated carbocycles. The van der Waals surface area contributed by atoms with Crippen LogP contribution < -0.4 is 0 Å². The van der Waals surface area contributed by atoms with E-state index in [2.05, 4.69) is 9.97 Å². The Balaban J connectivity index is 0.000000605. The first-order chi connectivity index (χ1) is 4.97. The molecule has 0 aliphatic heterocycles. The maximum Gasteiger partial charge on any atom is 0.116 e. The van der Waals surface area contributed by atoms with E-state index in [-0.39, 0.29) is 20.1 Å². The second kappa shape index (κ2) is 3.56. The SMILES string of the molecule is [Ir].c1ccc2ncncc2c1. The predicted octanol–water partition coefficient (Wildman–Crippen LogP) is 1.63. The van der Waals surface area contributed by atoms with Crippen molar-refractivity contribution in [1.29, 1.82) is 0 Å². The van der Waals surface area contributed by atoms with E-state index in [1.165, 1.54) is 0 Å². The summed E-state index contributed by atoms with van der Waals surface area (Å²) < 4.78 is 0. The van der Waals surface area contributed by atoms with Crippen LogP contribution in [0, 0.1) is 0 Å². The van der Waals surface area contributed by atoms with Crippen molar-refractivity contribution in [3.8, 4) is 0 Å². The standard InChI is InChI=1S/C8H6N2.Ir/c1-2-4-8-7(3-1)5-9-6-10-8;/h1-6H;. The monoisotopic (exact) mass is 323 g/mol. The van der Waals surface area contributed by atoms with Gasteiger partial charge in [0.2, 0.25) is 0 Å². The van der Waals surface area contributed by atoms with Crippen molar-refractivity contribution in [3.05, 3.63) is 36.8 Å². The Bertz CT molecular complexity index is 283. The number of aromatic nitrogens is 2. The summed E-state index contributed by atoms with van der Waals surface area (Å²) in [6, 6.07) is 7.91. The third-order valence-corrected chi connectivity index (χ3v) is 1.41. The van der Waals surface area contributed by atoms with E-state index in [0.717, 1.165) is 10.9 Å². The average molecular weight is 322 g/mol. The third kappa shape index (κ3) is 1.62. The van der Waals surface area contributed by atoms with Crippen LogP contribution >= 0.6 is 0 Å². The summed E-state index contributed by atoms with van der Waals surface area (Å²) in [6.07, 6.45) is 3.37. The van der Waals surface area contributed by atoms with Crippen LogP contribution in [0.15, 0.2) is 36.8 Å². The molecule has 2 nitrogen and oxygen atoms in total. The molecular formula is C8H6IrN2. The molecule has 0 bridgehead atoms. The van der Waals surface area contributed by atoms with Gasteiger partial charge >= 0.3 is 0 Å². The first-order valence-electron chi connectivity index (χ1n) is 3.11. The molecule has 11 heavy (non-hydrogen) atoms. The van der Waals surface area contributed by atoms with Gasteiger partial charge in [-0.25, -0.2) is 9.97 Å². The van der Waals surface area contributed by atoms with E-state index in [4.69, 9.17) is 0 Å². The van der Waals surface area contributed by atoms with Crippen LogP contribution in [0.4, 0.5) is 0 Å². The molecule has 0 amide bonds. The minimum atomic E-state index is 0. The molecule has 0 N–H and O–H groups in total. The van der Waals surface area contributed by atoms with E-state index in [9.17, 15) is 0 Å². The first kappa shape index (κ1) is 8.31. The molecule has 0 saturated heterocycles. The topological polar surface area (TPSA) is 25.8 Å². The molecule has 0 atom stereocenters. The molecule has 57 valence electrons. The Morgan fingerprint density at radius 3 is 2.73 bits per heavy atom. The van der Waals surface area contributed by atoms with Gasteiger partial charge in [0.1, 0.15) is 6.33 Å². The fourth-order valence-corrected chi connectivity index (χ4v) is 0.923. The second-order valence-corrected chi connectivity index (χ2v) is 2.08. The molecule has 1 heterocycles. The van der Waals surface area contributed by atoms with Gasteiger partial charge in [-0.1, -0.05) is 18.2 Å². The van der Waals surface area contributed by atoms with E-state index in [0.29, 0.717) is 0 Å². The van der Waals surface area contributed by atoms with Crippen molar-refractivity contribution in [2.75, 3.05) is 0 Å². The van der Waals surface area contributed by atoms with E-state index in [1.54, 1.807) is 6.33 Å². The van der Waals surface area contributed by atoms with Crippen LogP contribution in [-0.4, -0.2) is 9.97 Å². The van der Waals surface area contributed by atoms with Gasteiger partial charge in [0.15, 0.2) is 0 Å². The van der Waals surface area contributed by atoms with E-state index >= 15 is 0 Å². The molecule has 1 radical (unpaired) electrons. The van der Waals surface area contributed by atoms with Gasteiger partial charge in [-0.05, 0) is 6.07 Å². The molecule has 3 heteroatoms. The van der Waals surface area contributed by atoms with Crippen molar-refractivity contribution < 1.29 is 20.1 Å². The maximum absolute atomic E-state index is 4.07. The second-order valence-electron chi connectivity index (χ2n) is 2.08. The van der Waals surface area contributed by atoms with Crippen LogP contribution in [-0.2, 0) is 20.1 Å². The minimum Gasteiger partial charge on any atom is -0.244 e. The maximum atomic E-state index is 4.07. The van der Waals surface area contributed by atoms with Crippen LogP contribution in [0.3, 0.4) is 0 Å². The number of nitrogens with zero attached hydrogens (tertiary/aromatic N) is 2. The number of hydrogen-bond acceptors (Lipinski definition) is 2. The number of rotatable bonds is 0. The van der Waals surface area contributed by atoms with Gasteiger partial charge in [0.05, 0.1) is 5.52 Å². The minimum absolute atomic E-state index is 0. The molecule has 0 unspecified atom stereocenters. The first-order valence-corrected chi connectivity index (χ1v) is 3.11. The Morgan fingerprint density at radius 1 is 1.09 bits per heavy atom. The van der Waals surface area contributed by atoms with E-state index < -0.39 is 0 Å². The zero-order valence-corrected chi connectivity index (χ0v) is 8.09. The van der Waals surface area contributed by atoms with Crippen LogP contribution in [0.5, 0.6) is 0 Å². The molecule has 0 aliphatic rings. The van der Waals surface area contributed by atoms with E-state index in [1.807, 2.05) is 30.5 Å². The summed E-state index contributed by atoms with van der Waals surface area (Å²) in [6.45, 7) is 0. The third-order valence-electron chi connectivity index (χ3n) is 1.41. The summed E-state index contributed by atoms with van der Waals surface area (Å²) >= 11 is 0. The fourth-order valence-electron chi connectivity index (χ4n) is 0.923. The molecule has 1 aromatic heterocycles. The Labute approximate surface area is 78.0 Å². The number of fused-ring (bicyclic) bond motifs is 1. The predicted molar refractivity (Wildman–Crippen MR) is 39.5 cm³/mol. The van der Waals surface area contributed by atoms with Crippen LogP contribution in [0.2, 0.25) is 0 Å². The zero-order chi connectivity index (χ0) is 6.81. The van der Waals surface area contributed by atoms with Gasteiger partial charge in [0.25, 0.3) is 0 Å². The van der Waals surface area contributed by atoms with Crippen molar-refractivity contribution in [2.24, 2.45) is 0 Å². The Kier molecular flexibility index (Phi) is 2.69. The summed E-state index contributed by atoms with van der Waals surface area (Å²) in [5, 5.41) is 1.09. The Morgan fingerprint density at radius 2 is 1.91 bits per heavy atom. The van der Waals surface area contributed by atoms with Crippen molar-refractivity contribution in [2.45, 2.75) is 0 Å². The van der Waals surface area contributed by atoms with Gasteiger partial charge in [-0.2, -0.15) is 0 Å². The van der Waals surface area contributed by atoms with Crippen molar-refractivity contribution >= 4 is 10.9 Å². The van der Waals surface area contributed by atoms with Gasteiger partial charge in [-0.3, -0.25) is 0 Å². The molecule has 2 aromatic rings. The van der Waals surface area contributed by atoms with Crippen molar-refractivity contribution in [1.82, 2.24) is 9.97 Å². The van der Waals surface area contributed by atoms with Crippen molar-refractivity contribution in [3.63, 3.8) is 0 Å². The molecular weight excluding hydrogens is 316 g/mol. The smallest absolute Gasteiger partial charge is 0.116 e. The summed E-state index contributed by atoms with van der Waals surface area (Å²) in [7, 11) is 0. The molecule has 0 aliphatic carbocycles. The molecule has 0 spiro atoms. The largest absolute Gasteiger partial charge is 0.244 e. The average Bonchev–Trinajstić information content (AvgIpc) is 2.05. The van der Waals surface area contributed by atoms with Crippen LogP contribution in [0.1, 0.15) is 0 Å². The quantitative estimate of drug-likeness (QED) is 0.737. The Hall–Kier alpha value is -0.791. The number of para-hydroxylation sites is 1. The molecule has 2 rings (SSSR count).